The van der Waals surface area contributed by atoms with Crippen LogP contribution in [0.1, 0.15) is 7.43 Å². The summed E-state index contributed by atoms with van der Waals surface area (Å²) in [5, 5.41) is 8.43. The summed E-state index contributed by atoms with van der Waals surface area (Å²) in [6.45, 7) is -0.181. The van der Waals surface area contributed by atoms with Crippen LogP contribution < -0.4 is 34.8 Å². The Labute approximate surface area is 58.5 Å². The van der Waals surface area contributed by atoms with Gasteiger partial charge in [0.25, 0.3) is 6.47 Å². The van der Waals surface area contributed by atoms with Crippen LogP contribution in [0.25, 0.3) is 0 Å². The maximum absolute atomic E-state index is 8.64. The van der Waals surface area contributed by atoms with E-state index < -0.39 is 0 Å². The quantitative estimate of drug-likeness (QED) is 0.146. The average molecular weight is 100 g/mol. The van der Waals surface area contributed by atoms with E-state index in [2.05, 4.69) is 4.89 Å². The fourth-order valence-electron chi connectivity index (χ4n) is 0. The van der Waals surface area contributed by atoms with Crippen LogP contribution in [0.3, 0.4) is 0 Å². The van der Waals surface area contributed by atoms with Crippen molar-refractivity contribution < 1.29 is 44.5 Å². The zero-order chi connectivity index (χ0) is 3.41. The van der Waals surface area contributed by atoms with Crippen LogP contribution >= 0.6 is 0 Å². The Balaban J connectivity index is -0.0000000450. The van der Waals surface area contributed by atoms with E-state index in [1.54, 1.807) is 0 Å². The van der Waals surface area contributed by atoms with Gasteiger partial charge in [0, 0.05) is 0 Å². The van der Waals surface area contributed by atoms with Gasteiger partial charge in [-0.3, -0.25) is 4.79 Å². The molecule has 0 bridgehead atoms. The minimum Gasteiger partial charge on any atom is -0.662 e. The van der Waals surface area contributed by atoms with Crippen LogP contribution in [0.2, 0.25) is 0 Å². The Kier molecular flexibility index (Phi) is 48.5. The summed E-state index contributed by atoms with van der Waals surface area (Å²) in [5.41, 5.74) is 0. The third-order valence-corrected chi connectivity index (χ3v) is 0.0393. The molecule has 0 aromatic heterocycles. The van der Waals surface area contributed by atoms with E-state index in [4.69, 9.17) is 10.1 Å². The maximum atomic E-state index is 8.64. The molecular formula is C2H5NaO3. The van der Waals surface area contributed by atoms with Crippen molar-refractivity contribution in [3.8, 4) is 0 Å². The fourth-order valence-corrected chi connectivity index (χ4v) is 0. The summed E-state index contributed by atoms with van der Waals surface area (Å²) in [6, 6.07) is 0. The second kappa shape index (κ2) is 18.0. The molecule has 0 saturated heterocycles. The number of carbonyl (C=O) groups is 1. The van der Waals surface area contributed by atoms with E-state index in [1.165, 1.54) is 0 Å². The first-order valence-electron chi connectivity index (χ1n) is 0.638. The molecule has 0 radical (unpaired) electrons. The van der Waals surface area contributed by atoms with Gasteiger partial charge in [0.05, 0.1) is 0 Å². The summed E-state index contributed by atoms with van der Waals surface area (Å²) in [5.74, 6) is 0. The molecule has 0 rings (SSSR count). The van der Waals surface area contributed by atoms with Crippen LogP contribution in [0.4, 0.5) is 0 Å². The average Bonchev–Trinajstić information content (AvgIpc) is 1.37. The summed E-state index contributed by atoms with van der Waals surface area (Å²) in [4.78, 5) is 11.2. The van der Waals surface area contributed by atoms with Crippen LogP contribution in [0.5, 0.6) is 0 Å². The molecule has 0 aliphatic heterocycles. The smallest absolute Gasteiger partial charge is 0.662 e. The second-order valence-corrected chi connectivity index (χ2v) is 0.192. The van der Waals surface area contributed by atoms with Crippen molar-refractivity contribution in [1.82, 2.24) is 0 Å². The number of carbonyl (C=O) groups excluding carboxylic acids is 1. The normalized spacial score (nSPS) is 3.50. The summed E-state index contributed by atoms with van der Waals surface area (Å²) >= 11 is 0. The van der Waals surface area contributed by atoms with Gasteiger partial charge >= 0.3 is 29.6 Å². The first kappa shape index (κ1) is 16.1. The van der Waals surface area contributed by atoms with Crippen molar-refractivity contribution in [2.75, 3.05) is 0 Å². The van der Waals surface area contributed by atoms with Gasteiger partial charge in [0.2, 0.25) is 0 Å². The molecule has 0 aromatic rings. The van der Waals surface area contributed by atoms with Gasteiger partial charge in [-0.2, -0.15) is 0 Å². The summed E-state index contributed by atoms with van der Waals surface area (Å²) < 4.78 is 0. The zero-order valence-electron chi connectivity index (χ0n) is 2.80. The Hall–Kier alpha value is 0.430. The number of hydrogen-bond donors (Lipinski definition) is 0. The molecule has 0 heterocycles. The van der Waals surface area contributed by atoms with E-state index in [0.29, 0.717) is 0 Å². The molecule has 0 aromatic carbocycles. The van der Waals surface area contributed by atoms with E-state index in [-0.39, 0.29) is 43.5 Å². The number of hydrogen-bond acceptors (Lipinski definition) is 3. The SMILES string of the molecule is C.O=CO[O-].[Na+]. The predicted octanol–water partition coefficient (Wildman–Crippen LogP) is -3.93. The third-order valence-electron chi connectivity index (χ3n) is 0.0393. The third kappa shape index (κ3) is 25.5. The van der Waals surface area contributed by atoms with Crippen LogP contribution in [0, 0.1) is 0 Å². The Morgan fingerprint density at radius 3 is 1.83 bits per heavy atom. The molecule has 32 valence electrons. The Morgan fingerprint density at radius 1 is 1.67 bits per heavy atom. The van der Waals surface area contributed by atoms with Gasteiger partial charge in [0.1, 0.15) is 0 Å². The van der Waals surface area contributed by atoms with Gasteiger partial charge in [-0.05, 0) is 0 Å². The predicted molar refractivity (Wildman–Crippen MR) is 13.9 cm³/mol. The monoisotopic (exact) mass is 100 g/mol. The molecule has 0 N–H and O–H groups in total. The molecule has 0 saturated carbocycles. The molecule has 0 aliphatic rings. The minimum atomic E-state index is -0.181. The van der Waals surface area contributed by atoms with Gasteiger partial charge in [-0.1, -0.05) is 7.43 Å². The van der Waals surface area contributed by atoms with Crippen LogP contribution in [-0.2, 0) is 9.68 Å². The Morgan fingerprint density at radius 2 is 1.83 bits per heavy atom. The molecule has 3 nitrogen and oxygen atoms in total. The van der Waals surface area contributed by atoms with E-state index >= 15 is 0 Å². The molecule has 0 unspecified atom stereocenters. The van der Waals surface area contributed by atoms with Crippen molar-refractivity contribution in [2.45, 2.75) is 7.43 Å². The van der Waals surface area contributed by atoms with Crippen molar-refractivity contribution in [2.24, 2.45) is 0 Å². The fraction of sp³-hybridized carbons (Fsp3) is 0.500. The van der Waals surface area contributed by atoms with E-state index in [1.807, 2.05) is 0 Å². The number of rotatable bonds is 1. The summed E-state index contributed by atoms with van der Waals surface area (Å²) in [6.07, 6.45) is 0. The van der Waals surface area contributed by atoms with Crippen LogP contribution in [0.15, 0.2) is 0 Å². The van der Waals surface area contributed by atoms with Gasteiger partial charge in [-0.25, -0.2) is 0 Å². The van der Waals surface area contributed by atoms with Gasteiger partial charge < -0.3 is 10.1 Å². The molecular weight excluding hydrogens is 95.0 g/mol. The van der Waals surface area contributed by atoms with Gasteiger partial charge in [0.15, 0.2) is 0 Å². The van der Waals surface area contributed by atoms with E-state index in [9.17, 15) is 0 Å². The molecule has 0 spiro atoms. The largest absolute Gasteiger partial charge is 1.00 e. The second-order valence-electron chi connectivity index (χ2n) is 0.192. The first-order valence-corrected chi connectivity index (χ1v) is 0.638. The molecule has 6 heavy (non-hydrogen) atoms. The maximum Gasteiger partial charge on any atom is 1.00 e. The first-order chi connectivity index (χ1) is 1.91. The van der Waals surface area contributed by atoms with Gasteiger partial charge in [-0.15, -0.1) is 0 Å². The van der Waals surface area contributed by atoms with E-state index in [0.717, 1.165) is 0 Å². The summed E-state index contributed by atoms with van der Waals surface area (Å²) in [7, 11) is 0. The molecule has 0 amide bonds. The molecule has 0 aliphatic carbocycles. The van der Waals surface area contributed by atoms with Crippen molar-refractivity contribution in [1.29, 1.82) is 0 Å². The molecule has 0 fully saturated rings. The zero-order valence-corrected chi connectivity index (χ0v) is 4.80. The van der Waals surface area contributed by atoms with Crippen molar-refractivity contribution >= 4 is 6.47 Å². The molecule has 4 heteroatoms. The minimum absolute atomic E-state index is 0. The topological polar surface area (TPSA) is 49.4 Å². The standard InChI is InChI=1S/CH2O3.CH4.Na/c2-1-4-3;;/h1,3H;1H4;/q;;+1/p-1. The molecule has 0 atom stereocenters. The van der Waals surface area contributed by atoms with Crippen molar-refractivity contribution in [3.63, 3.8) is 0 Å². The van der Waals surface area contributed by atoms with Crippen LogP contribution in [-0.4, -0.2) is 6.47 Å². The Bertz CT molecular complexity index is 22.8. The van der Waals surface area contributed by atoms with Crippen molar-refractivity contribution in [3.05, 3.63) is 0 Å².